The molecular formula is C18H27N3O4. The summed E-state index contributed by atoms with van der Waals surface area (Å²) in [6, 6.07) is 7.79. The van der Waals surface area contributed by atoms with Crippen LogP contribution in [-0.2, 0) is 14.3 Å². The Bertz CT molecular complexity index is 582. The fourth-order valence-corrected chi connectivity index (χ4v) is 2.89. The van der Waals surface area contributed by atoms with Gasteiger partial charge in [-0.25, -0.2) is 5.48 Å². The first-order chi connectivity index (χ1) is 11.9. The van der Waals surface area contributed by atoms with Crippen molar-refractivity contribution in [2.75, 3.05) is 43.2 Å². The first kappa shape index (κ1) is 19.2. The molecule has 1 aliphatic heterocycles. The Morgan fingerprint density at radius 2 is 1.84 bits per heavy atom. The van der Waals surface area contributed by atoms with Crippen molar-refractivity contribution in [3.8, 4) is 0 Å². The van der Waals surface area contributed by atoms with Crippen LogP contribution in [-0.4, -0.2) is 50.4 Å². The number of benzene rings is 1. The van der Waals surface area contributed by atoms with Gasteiger partial charge >= 0.3 is 0 Å². The fourth-order valence-electron chi connectivity index (χ4n) is 2.89. The van der Waals surface area contributed by atoms with Gasteiger partial charge < -0.3 is 14.5 Å². The largest absolute Gasteiger partial charge is 0.378 e. The van der Waals surface area contributed by atoms with E-state index in [-0.39, 0.29) is 18.2 Å². The SMILES string of the molecule is CC(C)[C@H](CC(=O)N(C)c1ccc(N2CCOCC2)cc1)C(=O)NO. The van der Waals surface area contributed by atoms with Gasteiger partial charge in [0.05, 0.1) is 19.1 Å². The van der Waals surface area contributed by atoms with Crippen molar-refractivity contribution < 1.29 is 19.5 Å². The van der Waals surface area contributed by atoms with Gasteiger partial charge in [0.25, 0.3) is 0 Å². The maximum Gasteiger partial charge on any atom is 0.247 e. The molecule has 1 aromatic carbocycles. The van der Waals surface area contributed by atoms with Crippen LogP contribution in [0.1, 0.15) is 20.3 Å². The minimum Gasteiger partial charge on any atom is -0.378 e. The maximum atomic E-state index is 12.5. The lowest BCUT2D eigenvalue weighted by Crippen LogP contribution is -2.37. The highest BCUT2D eigenvalue weighted by Gasteiger charge is 2.26. The minimum absolute atomic E-state index is 0.0474. The molecule has 0 bridgehead atoms. The van der Waals surface area contributed by atoms with Gasteiger partial charge in [0.1, 0.15) is 0 Å². The van der Waals surface area contributed by atoms with Crippen LogP contribution in [0.25, 0.3) is 0 Å². The van der Waals surface area contributed by atoms with Crippen LogP contribution in [0, 0.1) is 11.8 Å². The molecule has 1 aromatic rings. The molecule has 0 unspecified atom stereocenters. The average molecular weight is 349 g/mol. The molecule has 138 valence electrons. The molecule has 0 radical (unpaired) electrons. The number of nitrogens with one attached hydrogen (secondary N) is 1. The number of carbonyl (C=O) groups excluding carboxylic acids is 2. The second-order valence-electron chi connectivity index (χ2n) is 6.60. The Morgan fingerprint density at radius 1 is 1.24 bits per heavy atom. The molecule has 2 N–H and O–H groups in total. The quantitative estimate of drug-likeness (QED) is 0.603. The molecule has 7 heteroatoms. The predicted molar refractivity (Wildman–Crippen MR) is 95.8 cm³/mol. The van der Waals surface area contributed by atoms with Crippen LogP contribution in [0.5, 0.6) is 0 Å². The van der Waals surface area contributed by atoms with Gasteiger partial charge in [-0.3, -0.25) is 14.8 Å². The number of amides is 2. The van der Waals surface area contributed by atoms with Crippen LogP contribution < -0.4 is 15.3 Å². The normalized spacial score (nSPS) is 15.8. The van der Waals surface area contributed by atoms with Gasteiger partial charge in [0.2, 0.25) is 11.8 Å². The third-order valence-corrected chi connectivity index (χ3v) is 4.63. The molecule has 7 nitrogen and oxygen atoms in total. The number of nitrogens with zero attached hydrogens (tertiary/aromatic N) is 2. The van der Waals surface area contributed by atoms with Crippen molar-refractivity contribution in [2.24, 2.45) is 11.8 Å². The van der Waals surface area contributed by atoms with Crippen molar-refractivity contribution >= 4 is 23.2 Å². The third-order valence-electron chi connectivity index (χ3n) is 4.63. The number of morpholine rings is 1. The van der Waals surface area contributed by atoms with Crippen molar-refractivity contribution in [2.45, 2.75) is 20.3 Å². The monoisotopic (exact) mass is 349 g/mol. The van der Waals surface area contributed by atoms with E-state index in [4.69, 9.17) is 9.94 Å². The smallest absolute Gasteiger partial charge is 0.247 e. The first-order valence-corrected chi connectivity index (χ1v) is 8.57. The third kappa shape index (κ3) is 4.93. The first-order valence-electron chi connectivity index (χ1n) is 8.57. The maximum absolute atomic E-state index is 12.5. The van der Waals surface area contributed by atoms with E-state index in [1.165, 1.54) is 0 Å². The Hall–Kier alpha value is -2.12. The van der Waals surface area contributed by atoms with Crippen molar-refractivity contribution in [1.29, 1.82) is 0 Å². The topological polar surface area (TPSA) is 82.1 Å². The number of ether oxygens (including phenoxy) is 1. The van der Waals surface area contributed by atoms with Crippen molar-refractivity contribution in [3.05, 3.63) is 24.3 Å². The van der Waals surface area contributed by atoms with E-state index in [0.29, 0.717) is 0 Å². The number of rotatable bonds is 6. The molecule has 1 fully saturated rings. The molecule has 1 aliphatic rings. The lowest BCUT2D eigenvalue weighted by molar-refractivity contribution is -0.137. The zero-order chi connectivity index (χ0) is 18.4. The second kappa shape index (κ2) is 8.82. The summed E-state index contributed by atoms with van der Waals surface area (Å²) in [5.74, 6) is -1.30. The van der Waals surface area contributed by atoms with Gasteiger partial charge in [0.15, 0.2) is 0 Å². The molecule has 1 heterocycles. The Labute approximate surface area is 148 Å². The summed E-state index contributed by atoms with van der Waals surface area (Å²) in [5.41, 5.74) is 3.53. The average Bonchev–Trinajstić information content (AvgIpc) is 2.65. The highest BCUT2D eigenvalue weighted by atomic mass is 16.5. The molecule has 0 aromatic heterocycles. The number of hydrogen-bond donors (Lipinski definition) is 2. The van der Waals surface area contributed by atoms with Crippen molar-refractivity contribution in [1.82, 2.24) is 5.48 Å². The standard InChI is InChI=1S/C18H27N3O4/c1-13(2)16(18(23)19-24)12-17(22)20(3)14-4-6-15(7-5-14)21-8-10-25-11-9-21/h4-7,13,16,24H,8-12H2,1-3H3,(H,19,23)/t16-/m0/s1. The number of hydrogen-bond acceptors (Lipinski definition) is 5. The van der Waals surface area contributed by atoms with E-state index < -0.39 is 11.8 Å². The summed E-state index contributed by atoms with van der Waals surface area (Å²) in [6.07, 6.45) is 0.0474. The zero-order valence-electron chi connectivity index (χ0n) is 15.1. The fraction of sp³-hybridized carbons (Fsp3) is 0.556. The molecule has 2 rings (SSSR count). The van der Waals surface area contributed by atoms with Gasteiger partial charge in [0, 0.05) is 37.9 Å². The van der Waals surface area contributed by atoms with E-state index in [2.05, 4.69) is 4.90 Å². The lowest BCUT2D eigenvalue weighted by atomic mass is 9.91. The second-order valence-corrected chi connectivity index (χ2v) is 6.60. The van der Waals surface area contributed by atoms with E-state index >= 15 is 0 Å². The highest BCUT2D eigenvalue weighted by molar-refractivity contribution is 5.95. The Kier molecular flexibility index (Phi) is 6.78. The minimum atomic E-state index is -0.562. The molecule has 0 spiro atoms. The Morgan fingerprint density at radius 3 is 2.36 bits per heavy atom. The molecule has 25 heavy (non-hydrogen) atoms. The molecule has 1 atom stereocenters. The van der Waals surface area contributed by atoms with E-state index in [1.807, 2.05) is 38.1 Å². The number of carbonyl (C=O) groups is 2. The van der Waals surface area contributed by atoms with Crippen molar-refractivity contribution in [3.63, 3.8) is 0 Å². The van der Waals surface area contributed by atoms with E-state index in [9.17, 15) is 9.59 Å². The summed E-state index contributed by atoms with van der Waals surface area (Å²) < 4.78 is 5.35. The lowest BCUT2D eigenvalue weighted by Gasteiger charge is -2.29. The molecule has 0 saturated carbocycles. The molecule has 1 saturated heterocycles. The predicted octanol–water partition coefficient (Wildman–Crippen LogP) is 1.65. The van der Waals surface area contributed by atoms with Gasteiger partial charge in [-0.15, -0.1) is 0 Å². The summed E-state index contributed by atoms with van der Waals surface area (Å²) in [4.78, 5) is 28.0. The highest BCUT2D eigenvalue weighted by Crippen LogP contribution is 2.23. The van der Waals surface area contributed by atoms with Crippen LogP contribution in [0.2, 0.25) is 0 Å². The van der Waals surface area contributed by atoms with E-state index in [0.717, 1.165) is 37.7 Å². The summed E-state index contributed by atoms with van der Waals surface area (Å²) >= 11 is 0. The summed E-state index contributed by atoms with van der Waals surface area (Å²) in [5, 5.41) is 8.84. The van der Waals surface area contributed by atoms with Crippen LogP contribution >= 0.6 is 0 Å². The van der Waals surface area contributed by atoms with Crippen LogP contribution in [0.15, 0.2) is 24.3 Å². The molecule has 0 aliphatic carbocycles. The Balaban J connectivity index is 2.02. The van der Waals surface area contributed by atoms with Crippen LogP contribution in [0.3, 0.4) is 0 Å². The van der Waals surface area contributed by atoms with Crippen LogP contribution in [0.4, 0.5) is 11.4 Å². The number of hydroxylamine groups is 1. The summed E-state index contributed by atoms with van der Waals surface area (Å²) in [7, 11) is 1.69. The molecular weight excluding hydrogens is 322 g/mol. The van der Waals surface area contributed by atoms with Gasteiger partial charge in [-0.2, -0.15) is 0 Å². The van der Waals surface area contributed by atoms with E-state index in [1.54, 1.807) is 17.4 Å². The zero-order valence-corrected chi connectivity index (χ0v) is 15.1. The van der Waals surface area contributed by atoms with Gasteiger partial charge in [-0.05, 0) is 30.2 Å². The number of anilines is 2. The summed E-state index contributed by atoms with van der Waals surface area (Å²) in [6.45, 7) is 6.88. The van der Waals surface area contributed by atoms with Gasteiger partial charge in [-0.1, -0.05) is 13.8 Å². The molecule has 2 amide bonds.